The van der Waals surface area contributed by atoms with Gasteiger partial charge in [0.25, 0.3) is 5.91 Å². The molecule has 11 heteroatoms. The van der Waals surface area contributed by atoms with Crippen molar-refractivity contribution in [1.29, 1.82) is 0 Å². The van der Waals surface area contributed by atoms with E-state index in [1.165, 1.54) is 18.2 Å². The number of anilines is 1. The molecule has 37 heavy (non-hydrogen) atoms. The van der Waals surface area contributed by atoms with Gasteiger partial charge in [-0.15, -0.1) is 0 Å². The first-order valence-electron chi connectivity index (χ1n) is 11.4. The number of rotatable bonds is 8. The Morgan fingerprint density at radius 2 is 1.57 bits per heavy atom. The molecule has 0 aromatic heterocycles. The first kappa shape index (κ1) is 26.2. The van der Waals surface area contributed by atoms with Gasteiger partial charge in [0.2, 0.25) is 14.7 Å². The minimum Gasteiger partial charge on any atom is -0.358 e. The Morgan fingerprint density at radius 3 is 2.27 bits per heavy atom. The lowest BCUT2D eigenvalue weighted by Crippen LogP contribution is -2.57. The highest BCUT2D eigenvalue weighted by Crippen LogP contribution is 2.39. The summed E-state index contributed by atoms with van der Waals surface area (Å²) in [7, 11) is -4.41. The zero-order valence-corrected chi connectivity index (χ0v) is 20.3. The standard InChI is InChI=1S/C26H24F3N3O4S/c27-26(28,29)24(34)31-17-19-9-6-11-21(15-19)37(35,36)25(16-20-10-4-5-12-22(20)32-25)23(33)30-14-13-18-7-2-1-3-8-18/h1-12,15,32H,13-14,16-17H2,(H,30,33)(H,31,34)/t25-/m0/s1. The lowest BCUT2D eigenvalue weighted by molar-refractivity contribution is -0.173. The summed E-state index contributed by atoms with van der Waals surface area (Å²) in [6, 6.07) is 21.4. The van der Waals surface area contributed by atoms with Crippen LogP contribution in [0.1, 0.15) is 16.7 Å². The molecule has 0 spiro atoms. The number of sulfone groups is 1. The maximum Gasteiger partial charge on any atom is 0.471 e. The van der Waals surface area contributed by atoms with E-state index in [0.717, 1.165) is 11.6 Å². The topological polar surface area (TPSA) is 104 Å². The van der Waals surface area contributed by atoms with Crippen LogP contribution in [0.25, 0.3) is 0 Å². The summed E-state index contributed by atoms with van der Waals surface area (Å²) >= 11 is 0. The van der Waals surface area contributed by atoms with Gasteiger partial charge in [0.15, 0.2) is 0 Å². The van der Waals surface area contributed by atoms with Crippen LogP contribution >= 0.6 is 0 Å². The molecule has 1 aliphatic rings. The quantitative estimate of drug-likeness (QED) is 0.414. The van der Waals surface area contributed by atoms with Crippen molar-refractivity contribution in [3.05, 3.63) is 95.6 Å². The van der Waals surface area contributed by atoms with Crippen LogP contribution in [0.4, 0.5) is 18.9 Å². The van der Waals surface area contributed by atoms with Gasteiger partial charge < -0.3 is 16.0 Å². The Hall–Kier alpha value is -3.86. The lowest BCUT2D eigenvalue weighted by atomic mass is 10.1. The Bertz CT molecular complexity index is 1380. The third-order valence-corrected chi connectivity index (χ3v) is 8.30. The number of carbonyl (C=O) groups excluding carboxylic acids is 2. The molecule has 0 bridgehead atoms. The molecule has 3 aromatic rings. The third kappa shape index (κ3) is 5.46. The smallest absolute Gasteiger partial charge is 0.358 e. The second-order valence-corrected chi connectivity index (χ2v) is 10.8. The fraction of sp³-hybridized carbons (Fsp3) is 0.231. The fourth-order valence-electron chi connectivity index (χ4n) is 4.16. The van der Waals surface area contributed by atoms with Crippen molar-refractivity contribution in [3.63, 3.8) is 0 Å². The molecule has 1 aliphatic heterocycles. The van der Waals surface area contributed by atoms with E-state index >= 15 is 0 Å². The zero-order chi connectivity index (χ0) is 26.7. The molecular weight excluding hydrogens is 507 g/mol. The normalized spacial score (nSPS) is 16.9. The van der Waals surface area contributed by atoms with Gasteiger partial charge in [-0.25, -0.2) is 8.42 Å². The van der Waals surface area contributed by atoms with Crippen molar-refractivity contribution < 1.29 is 31.2 Å². The number of amides is 2. The van der Waals surface area contributed by atoms with E-state index in [9.17, 15) is 31.2 Å². The van der Waals surface area contributed by atoms with Crippen LogP contribution in [-0.4, -0.2) is 37.8 Å². The van der Waals surface area contributed by atoms with Crippen LogP contribution in [0.15, 0.2) is 83.8 Å². The van der Waals surface area contributed by atoms with Gasteiger partial charge in [0.05, 0.1) is 4.90 Å². The molecule has 7 nitrogen and oxygen atoms in total. The van der Waals surface area contributed by atoms with Gasteiger partial charge in [-0.3, -0.25) is 9.59 Å². The number of carbonyl (C=O) groups is 2. The Labute approximate surface area is 212 Å². The summed E-state index contributed by atoms with van der Waals surface area (Å²) < 4.78 is 65.5. The second-order valence-electron chi connectivity index (χ2n) is 8.61. The second kappa shape index (κ2) is 10.3. The molecule has 2 amide bonds. The van der Waals surface area contributed by atoms with E-state index in [1.807, 2.05) is 30.3 Å². The van der Waals surface area contributed by atoms with Gasteiger partial charge in [0.1, 0.15) is 0 Å². The average Bonchev–Trinajstić information content (AvgIpc) is 3.29. The monoisotopic (exact) mass is 531 g/mol. The van der Waals surface area contributed by atoms with Gasteiger partial charge in [0, 0.05) is 25.2 Å². The Kier molecular flexibility index (Phi) is 7.26. The zero-order valence-electron chi connectivity index (χ0n) is 19.5. The molecule has 0 aliphatic carbocycles. The van der Waals surface area contributed by atoms with Gasteiger partial charge >= 0.3 is 12.1 Å². The predicted molar refractivity (Wildman–Crippen MR) is 131 cm³/mol. The molecular formula is C26H24F3N3O4S. The molecule has 0 saturated heterocycles. The molecule has 1 atom stereocenters. The van der Waals surface area contributed by atoms with E-state index in [0.29, 0.717) is 17.7 Å². The number of para-hydroxylation sites is 1. The van der Waals surface area contributed by atoms with Gasteiger partial charge in [-0.05, 0) is 41.3 Å². The molecule has 0 radical (unpaired) electrons. The Balaban J connectivity index is 1.61. The summed E-state index contributed by atoms with van der Waals surface area (Å²) in [5.74, 6) is -2.88. The van der Waals surface area contributed by atoms with E-state index in [-0.39, 0.29) is 23.4 Å². The number of benzene rings is 3. The van der Waals surface area contributed by atoms with Crippen molar-refractivity contribution in [2.45, 2.75) is 35.3 Å². The minimum absolute atomic E-state index is 0.133. The predicted octanol–water partition coefficient (Wildman–Crippen LogP) is 3.36. The molecule has 194 valence electrons. The van der Waals surface area contributed by atoms with E-state index < -0.39 is 39.2 Å². The number of hydrogen-bond acceptors (Lipinski definition) is 5. The minimum atomic E-state index is -5.06. The molecule has 0 saturated carbocycles. The third-order valence-electron chi connectivity index (χ3n) is 6.08. The first-order valence-corrected chi connectivity index (χ1v) is 12.9. The SMILES string of the molecule is O=C(NCc1cccc(S(=O)(=O)[C@]2(C(=O)NCCc3ccccc3)Cc3ccccc3N2)c1)C(F)(F)F. The van der Waals surface area contributed by atoms with Crippen LogP contribution in [-0.2, 0) is 38.8 Å². The van der Waals surface area contributed by atoms with Gasteiger partial charge in [-0.1, -0.05) is 60.7 Å². The van der Waals surface area contributed by atoms with Crippen LogP contribution in [0, 0.1) is 0 Å². The Morgan fingerprint density at radius 1 is 0.892 bits per heavy atom. The van der Waals surface area contributed by atoms with E-state index in [4.69, 9.17) is 0 Å². The summed E-state index contributed by atoms with van der Waals surface area (Å²) in [6.45, 7) is -0.340. The molecule has 1 heterocycles. The average molecular weight is 532 g/mol. The number of halogens is 3. The maximum absolute atomic E-state index is 14.0. The summed E-state index contributed by atoms with van der Waals surface area (Å²) in [5.41, 5.74) is 2.24. The van der Waals surface area contributed by atoms with Gasteiger partial charge in [-0.2, -0.15) is 13.2 Å². The largest absolute Gasteiger partial charge is 0.471 e. The number of hydrogen-bond donors (Lipinski definition) is 3. The highest BCUT2D eigenvalue weighted by Gasteiger charge is 2.55. The van der Waals surface area contributed by atoms with E-state index in [2.05, 4.69) is 10.6 Å². The molecule has 3 aromatic carbocycles. The molecule has 4 rings (SSSR count). The van der Waals surface area contributed by atoms with Crippen molar-refractivity contribution >= 4 is 27.3 Å². The molecule has 0 unspecified atom stereocenters. The van der Waals surface area contributed by atoms with Crippen molar-refractivity contribution in [1.82, 2.24) is 10.6 Å². The van der Waals surface area contributed by atoms with Crippen LogP contribution in [0.2, 0.25) is 0 Å². The number of fused-ring (bicyclic) bond motifs is 1. The highest BCUT2D eigenvalue weighted by atomic mass is 32.2. The van der Waals surface area contributed by atoms with Crippen molar-refractivity contribution in [2.24, 2.45) is 0 Å². The van der Waals surface area contributed by atoms with Crippen molar-refractivity contribution in [3.8, 4) is 0 Å². The first-order chi connectivity index (χ1) is 17.5. The number of nitrogens with one attached hydrogen (secondary N) is 3. The van der Waals surface area contributed by atoms with Crippen LogP contribution < -0.4 is 16.0 Å². The molecule has 0 fully saturated rings. The molecule has 3 N–H and O–H groups in total. The number of alkyl halides is 3. The summed E-state index contributed by atoms with van der Waals surface area (Å²) in [4.78, 5) is 22.4. The van der Waals surface area contributed by atoms with Crippen molar-refractivity contribution in [2.75, 3.05) is 11.9 Å². The van der Waals surface area contributed by atoms with E-state index in [1.54, 1.807) is 29.6 Å². The van der Waals surface area contributed by atoms with Crippen LogP contribution in [0.3, 0.4) is 0 Å². The fourth-order valence-corrected chi connectivity index (χ4v) is 6.03. The van der Waals surface area contributed by atoms with Crippen LogP contribution in [0.5, 0.6) is 0 Å². The summed E-state index contributed by atoms with van der Waals surface area (Å²) in [6.07, 6.45) is -4.72. The summed E-state index contributed by atoms with van der Waals surface area (Å²) in [5, 5.41) is 7.36. The lowest BCUT2D eigenvalue weighted by Gasteiger charge is -2.29. The highest BCUT2D eigenvalue weighted by molar-refractivity contribution is 7.93. The maximum atomic E-state index is 14.0.